The molecule has 0 bridgehead atoms. The second kappa shape index (κ2) is 6.27. The van der Waals surface area contributed by atoms with Crippen LogP contribution in [-0.2, 0) is 4.79 Å². The number of likely N-dealkylation sites (tertiary alicyclic amines) is 1. The molecule has 24 heavy (non-hydrogen) atoms. The summed E-state index contributed by atoms with van der Waals surface area (Å²) >= 11 is 0. The van der Waals surface area contributed by atoms with E-state index >= 15 is 0 Å². The maximum absolute atomic E-state index is 12.5. The monoisotopic (exact) mass is 339 g/mol. The number of rotatable bonds is 4. The normalized spacial score (nSPS) is 19.8. The molecular weight excluding hydrogens is 323 g/mol. The molecule has 3 rings (SSSR count). The number of benzene rings is 1. The Kier molecular flexibility index (Phi) is 4.31. The zero-order valence-corrected chi connectivity index (χ0v) is 12.6. The molecule has 2 aromatic rings. The van der Waals surface area contributed by atoms with Gasteiger partial charge in [-0.05, 0) is 12.0 Å². The Morgan fingerprint density at radius 2 is 2.00 bits per heavy atom. The van der Waals surface area contributed by atoms with Crippen molar-refractivity contribution < 1.29 is 23.1 Å². The van der Waals surface area contributed by atoms with Crippen LogP contribution >= 0.6 is 0 Å². The molecule has 8 heteroatoms. The van der Waals surface area contributed by atoms with E-state index in [2.05, 4.69) is 4.98 Å². The van der Waals surface area contributed by atoms with Crippen LogP contribution in [0.3, 0.4) is 0 Å². The van der Waals surface area contributed by atoms with E-state index in [0.717, 1.165) is 4.90 Å². The van der Waals surface area contributed by atoms with Crippen LogP contribution in [0.25, 0.3) is 0 Å². The van der Waals surface area contributed by atoms with Gasteiger partial charge >= 0.3 is 6.18 Å². The first-order chi connectivity index (χ1) is 11.4. The Morgan fingerprint density at radius 3 is 2.67 bits per heavy atom. The first-order valence-electron chi connectivity index (χ1n) is 7.48. The molecule has 1 aromatic carbocycles. The number of imidazole rings is 1. The van der Waals surface area contributed by atoms with Crippen molar-refractivity contribution >= 4 is 5.91 Å². The van der Waals surface area contributed by atoms with Crippen molar-refractivity contribution in [2.75, 3.05) is 13.1 Å². The van der Waals surface area contributed by atoms with Gasteiger partial charge < -0.3 is 14.6 Å². The molecule has 0 saturated carbocycles. The third-order valence-corrected chi connectivity index (χ3v) is 4.03. The lowest BCUT2D eigenvalue weighted by molar-refractivity contribution is -0.158. The highest BCUT2D eigenvalue weighted by molar-refractivity contribution is 5.82. The molecule has 1 fully saturated rings. The lowest BCUT2D eigenvalue weighted by Gasteiger charge is -2.20. The summed E-state index contributed by atoms with van der Waals surface area (Å²) in [6.45, 7) is -1.23. The third-order valence-electron chi connectivity index (χ3n) is 4.03. The number of carbonyl (C=O) groups excluding carboxylic acids is 1. The second-order valence-corrected chi connectivity index (χ2v) is 5.69. The minimum atomic E-state index is -4.42. The number of hydrogen-bond donors (Lipinski definition) is 1. The molecule has 0 radical (unpaired) electrons. The van der Waals surface area contributed by atoms with Crippen LogP contribution in [0.15, 0.2) is 42.7 Å². The van der Waals surface area contributed by atoms with E-state index in [1.807, 2.05) is 0 Å². The predicted octanol–water partition coefficient (Wildman–Crippen LogP) is 2.30. The second-order valence-electron chi connectivity index (χ2n) is 5.69. The van der Waals surface area contributed by atoms with Crippen LogP contribution in [0.5, 0.6) is 0 Å². The largest absolute Gasteiger partial charge is 0.406 e. The zero-order valence-electron chi connectivity index (χ0n) is 12.6. The van der Waals surface area contributed by atoms with E-state index in [0.29, 0.717) is 5.56 Å². The number of nitrogens with zero attached hydrogens (tertiary/aromatic N) is 3. The highest BCUT2D eigenvalue weighted by Gasteiger charge is 2.40. The van der Waals surface area contributed by atoms with Crippen LogP contribution in [0.1, 0.15) is 30.0 Å². The third kappa shape index (κ3) is 3.28. The smallest absolute Gasteiger partial charge is 0.380 e. The molecule has 2 heterocycles. The number of carbonyl (C=O) groups is 1. The Bertz CT molecular complexity index is 715. The number of aliphatic hydroxyl groups excluding tert-OH is 1. The average molecular weight is 339 g/mol. The summed E-state index contributed by atoms with van der Waals surface area (Å²) < 4.78 is 39.0. The van der Waals surface area contributed by atoms with Crippen LogP contribution in [0.2, 0.25) is 0 Å². The van der Waals surface area contributed by atoms with Crippen molar-refractivity contribution in [3.05, 3.63) is 54.1 Å². The van der Waals surface area contributed by atoms with Gasteiger partial charge in [0.25, 0.3) is 0 Å². The number of aliphatic hydroxyl groups is 1. The summed E-state index contributed by atoms with van der Waals surface area (Å²) in [6, 6.07) is 7.99. The van der Waals surface area contributed by atoms with Gasteiger partial charge in [0, 0.05) is 18.9 Å². The van der Waals surface area contributed by atoms with Crippen LogP contribution in [0.4, 0.5) is 13.2 Å². The Balaban J connectivity index is 1.82. The fraction of sp³-hybridized carbons (Fsp3) is 0.375. The lowest BCUT2D eigenvalue weighted by Crippen LogP contribution is -2.36. The molecule has 1 aliphatic rings. The van der Waals surface area contributed by atoms with Gasteiger partial charge in [-0.2, -0.15) is 13.2 Å². The minimum Gasteiger partial charge on any atom is -0.380 e. The molecule has 128 valence electrons. The predicted molar refractivity (Wildman–Crippen MR) is 79.0 cm³/mol. The maximum Gasteiger partial charge on any atom is 0.406 e. The zero-order chi connectivity index (χ0) is 17.3. The molecule has 1 saturated heterocycles. The van der Waals surface area contributed by atoms with Crippen molar-refractivity contribution in [2.24, 2.45) is 0 Å². The van der Waals surface area contributed by atoms with Crippen molar-refractivity contribution in [3.8, 4) is 0 Å². The quantitative estimate of drug-likeness (QED) is 0.930. The minimum absolute atomic E-state index is 0.0298. The number of hydrogen-bond acceptors (Lipinski definition) is 3. The summed E-state index contributed by atoms with van der Waals surface area (Å²) in [5, 5.41) is 10.5. The van der Waals surface area contributed by atoms with Gasteiger partial charge in [0.2, 0.25) is 5.91 Å². The Labute approximate surface area is 136 Å². The fourth-order valence-corrected chi connectivity index (χ4v) is 2.94. The van der Waals surface area contributed by atoms with Gasteiger partial charge in [-0.25, -0.2) is 4.98 Å². The number of amides is 1. The van der Waals surface area contributed by atoms with E-state index in [4.69, 9.17) is 0 Å². The maximum atomic E-state index is 12.5. The average Bonchev–Trinajstić information content (AvgIpc) is 3.14. The van der Waals surface area contributed by atoms with Gasteiger partial charge in [0.15, 0.2) is 0 Å². The molecule has 0 unspecified atom stereocenters. The number of alkyl halides is 3. The first-order valence-corrected chi connectivity index (χ1v) is 7.48. The highest BCUT2D eigenvalue weighted by Crippen LogP contribution is 2.30. The van der Waals surface area contributed by atoms with Crippen LogP contribution < -0.4 is 0 Å². The van der Waals surface area contributed by atoms with Crippen molar-refractivity contribution in [2.45, 2.75) is 24.7 Å². The van der Waals surface area contributed by atoms with E-state index in [1.54, 1.807) is 30.3 Å². The van der Waals surface area contributed by atoms with E-state index in [-0.39, 0.29) is 18.8 Å². The molecule has 0 spiro atoms. The van der Waals surface area contributed by atoms with Gasteiger partial charge in [-0.3, -0.25) is 4.79 Å². The molecule has 5 nitrogen and oxygen atoms in total. The number of aromatic nitrogens is 2. The summed E-state index contributed by atoms with van der Waals surface area (Å²) in [7, 11) is 0. The molecule has 2 atom stereocenters. The fourth-order valence-electron chi connectivity index (χ4n) is 2.94. The van der Waals surface area contributed by atoms with Crippen LogP contribution in [-0.4, -0.2) is 44.7 Å². The van der Waals surface area contributed by atoms with Gasteiger partial charge in [-0.1, -0.05) is 30.3 Å². The Morgan fingerprint density at radius 1 is 1.29 bits per heavy atom. The van der Waals surface area contributed by atoms with E-state index in [9.17, 15) is 23.1 Å². The van der Waals surface area contributed by atoms with E-state index < -0.39 is 30.8 Å². The Hall–Kier alpha value is -2.35. The molecule has 1 amide bonds. The van der Waals surface area contributed by atoms with Crippen molar-refractivity contribution in [3.63, 3.8) is 0 Å². The van der Waals surface area contributed by atoms with Gasteiger partial charge in [0.05, 0.1) is 0 Å². The molecule has 1 aromatic heterocycles. The molecule has 1 aliphatic heterocycles. The highest BCUT2D eigenvalue weighted by atomic mass is 19.4. The van der Waals surface area contributed by atoms with Crippen molar-refractivity contribution in [1.82, 2.24) is 14.5 Å². The lowest BCUT2D eigenvalue weighted by atomic mass is 10.1. The molecule has 0 aliphatic carbocycles. The van der Waals surface area contributed by atoms with Crippen molar-refractivity contribution in [1.29, 1.82) is 0 Å². The van der Waals surface area contributed by atoms with Gasteiger partial charge in [-0.15, -0.1) is 0 Å². The topological polar surface area (TPSA) is 58.4 Å². The standard InChI is InChI=1S/C16H16F3N3O2/c17-16(18,19)10-21-8-6-12(15(21)24)22-9-7-20-14(22)13(23)11-4-2-1-3-5-11/h1-5,7,9,12-13,23H,6,8,10H2/t12-,13-/m0/s1. The number of halogens is 3. The van der Waals surface area contributed by atoms with Crippen LogP contribution in [0, 0.1) is 0 Å². The van der Waals surface area contributed by atoms with Gasteiger partial charge in [0.1, 0.15) is 24.5 Å². The summed E-state index contributed by atoms with van der Waals surface area (Å²) in [4.78, 5) is 17.2. The summed E-state index contributed by atoms with van der Waals surface area (Å²) in [6.07, 6.45) is -2.28. The summed E-state index contributed by atoms with van der Waals surface area (Å²) in [5.41, 5.74) is 0.600. The summed E-state index contributed by atoms with van der Waals surface area (Å²) in [5.74, 6) is -0.361. The molecular formula is C16H16F3N3O2. The first kappa shape index (κ1) is 16.5. The van der Waals surface area contributed by atoms with E-state index in [1.165, 1.54) is 17.0 Å². The SMILES string of the molecule is O=C1[C@@H](n2ccnc2[C@@H](O)c2ccccc2)CCN1CC(F)(F)F. The molecule has 1 N–H and O–H groups in total.